The summed E-state index contributed by atoms with van der Waals surface area (Å²) in [4.78, 5) is 29.6. The third-order valence-corrected chi connectivity index (χ3v) is 9.37. The van der Waals surface area contributed by atoms with Crippen LogP contribution in [0.4, 0.5) is 4.39 Å². The molecule has 0 amide bonds. The fraction of sp³-hybridized carbons (Fsp3) is 0.536. The summed E-state index contributed by atoms with van der Waals surface area (Å²) in [6, 6.07) is 4.85. The summed E-state index contributed by atoms with van der Waals surface area (Å²) >= 11 is 5.91. The molecule has 0 spiro atoms. The zero-order valence-corrected chi connectivity index (χ0v) is 25.9. The summed E-state index contributed by atoms with van der Waals surface area (Å²) in [5.41, 5.74) is 7.41. The largest absolute Gasteiger partial charge is 0.462 e. The van der Waals surface area contributed by atoms with E-state index in [1.54, 1.807) is 39.8 Å². The van der Waals surface area contributed by atoms with Crippen molar-refractivity contribution in [3.8, 4) is 0 Å². The van der Waals surface area contributed by atoms with Crippen LogP contribution in [0.2, 0.25) is 0 Å². The second-order valence-electron chi connectivity index (χ2n) is 10.5. The minimum Gasteiger partial charge on any atom is -0.462 e. The van der Waals surface area contributed by atoms with Gasteiger partial charge in [-0.3, -0.25) is 14.7 Å². The summed E-state index contributed by atoms with van der Waals surface area (Å²) in [5.74, 6) is -0.695. The second-order valence-corrected chi connectivity index (χ2v) is 12.0. The highest BCUT2D eigenvalue weighted by atomic mass is 32.2. The van der Waals surface area contributed by atoms with E-state index in [0.29, 0.717) is 60.3 Å². The monoisotopic (exact) mass is 622 g/mol. The lowest BCUT2D eigenvalue weighted by Gasteiger charge is -2.38. The number of aromatic nitrogens is 1. The predicted molar refractivity (Wildman–Crippen MR) is 161 cm³/mol. The fourth-order valence-corrected chi connectivity index (χ4v) is 6.57. The van der Waals surface area contributed by atoms with E-state index in [0.717, 1.165) is 11.8 Å². The maximum atomic E-state index is 14.4. The first-order chi connectivity index (χ1) is 20.0. The highest BCUT2D eigenvalue weighted by Crippen LogP contribution is 2.35. The Balaban J connectivity index is 1.67. The number of nitrogens with two attached hydrogens (primary N) is 1. The molecule has 2 aliphatic rings. The number of halogens is 1. The van der Waals surface area contributed by atoms with Gasteiger partial charge in [0.25, 0.3) is 0 Å². The third-order valence-electron chi connectivity index (χ3n) is 7.48. The number of piperazine rings is 1. The van der Waals surface area contributed by atoms with Gasteiger partial charge in [0.15, 0.2) is 18.5 Å². The lowest BCUT2D eigenvalue weighted by molar-refractivity contribution is -0.137. The van der Waals surface area contributed by atoms with E-state index < -0.39 is 12.3 Å². The van der Waals surface area contributed by atoms with Crippen molar-refractivity contribution in [1.82, 2.24) is 19.7 Å². The molecule has 0 aliphatic carbocycles. The molecule has 1 aromatic carbocycles. The molecule has 1 aromatic heterocycles. The number of oxazole rings is 1. The molecule has 0 saturated carbocycles. The normalized spacial score (nSPS) is 21.9. The molecule has 42 heavy (non-hydrogen) atoms. The van der Waals surface area contributed by atoms with E-state index in [1.807, 2.05) is 0 Å². The maximum absolute atomic E-state index is 14.4. The molecule has 3 atom stereocenters. The van der Waals surface area contributed by atoms with Gasteiger partial charge in [0.2, 0.25) is 0 Å². The van der Waals surface area contributed by atoms with Gasteiger partial charge in [0.05, 0.1) is 12.3 Å². The number of hydrogen-bond donors (Lipinski definition) is 4. The van der Waals surface area contributed by atoms with Gasteiger partial charge >= 0.3 is 5.97 Å². The lowest BCUT2D eigenvalue weighted by atomic mass is 10.1. The Morgan fingerprint density at radius 1 is 1.33 bits per heavy atom. The average Bonchev–Trinajstić information content (AvgIpc) is 3.51. The summed E-state index contributed by atoms with van der Waals surface area (Å²) in [5, 5.41) is 19.2. The molecule has 2 saturated heterocycles. The van der Waals surface area contributed by atoms with E-state index in [1.165, 1.54) is 12.5 Å². The molecule has 14 heteroatoms. The molecule has 4 rings (SSSR count). The first-order valence-corrected chi connectivity index (χ1v) is 15.2. The van der Waals surface area contributed by atoms with E-state index in [4.69, 9.17) is 32.5 Å². The summed E-state index contributed by atoms with van der Waals surface area (Å²) in [6.45, 7) is 10.6. The number of hydrogen-bond acceptors (Lipinski definition) is 12. The van der Waals surface area contributed by atoms with Gasteiger partial charge < -0.3 is 25.1 Å². The van der Waals surface area contributed by atoms with Gasteiger partial charge in [-0.2, -0.15) is 0 Å². The van der Waals surface area contributed by atoms with Crippen molar-refractivity contribution in [2.45, 2.75) is 50.4 Å². The number of nitrogens with zero attached hydrogens (tertiary/aromatic N) is 5. The van der Waals surface area contributed by atoms with Crippen LogP contribution in [-0.2, 0) is 9.53 Å². The van der Waals surface area contributed by atoms with E-state index >= 15 is 0 Å². The number of aryl methyl sites for hydroxylation is 1. The van der Waals surface area contributed by atoms with E-state index in [2.05, 4.69) is 19.7 Å². The third kappa shape index (κ3) is 7.54. The number of esters is 1. The molecule has 0 bridgehead atoms. The van der Waals surface area contributed by atoms with Crippen molar-refractivity contribution in [2.24, 2.45) is 16.6 Å². The summed E-state index contributed by atoms with van der Waals surface area (Å²) < 4.78 is 25.2. The number of carbonyl (C=O) groups is 1. The number of thiol groups is 1. The van der Waals surface area contributed by atoms with E-state index in [9.17, 15) is 19.4 Å². The molecule has 4 N–H and O–H groups in total. The van der Waals surface area contributed by atoms with Crippen LogP contribution in [0.1, 0.15) is 30.9 Å². The van der Waals surface area contributed by atoms with Crippen molar-refractivity contribution < 1.29 is 28.6 Å². The lowest BCUT2D eigenvalue weighted by Crippen LogP contribution is -2.52. The van der Waals surface area contributed by atoms with Crippen LogP contribution in [0.3, 0.4) is 0 Å². The quantitative estimate of drug-likeness (QED) is 0.0558. The van der Waals surface area contributed by atoms with Crippen molar-refractivity contribution in [3.05, 3.63) is 58.0 Å². The summed E-state index contributed by atoms with van der Waals surface area (Å²) in [6.07, 6.45) is -0.118. The number of aliphatic hydroxyl groups excluding tert-OH is 1. The fourth-order valence-electron chi connectivity index (χ4n) is 5.09. The Kier molecular flexibility index (Phi) is 11.1. The highest BCUT2D eigenvalue weighted by molar-refractivity contribution is 8.04. The van der Waals surface area contributed by atoms with Crippen molar-refractivity contribution in [3.63, 3.8) is 0 Å². The zero-order valence-electron chi connectivity index (χ0n) is 24.2. The Labute approximate surface area is 255 Å². The number of rotatable bonds is 11. The SMILES string of the molecule is CCOC(=O)/C(Sc1cccc(F)c1C)=C(\CN1CCN2C(S)N(C[C@@H](C)C(O)O)C[C@@H]2C1)N=C(N)c1ncoc1C. The number of carbonyl (C=O) groups excluding carboxylic acids is 1. The molecule has 2 fully saturated rings. The molecule has 230 valence electrons. The number of fused-ring (bicyclic) bond motifs is 1. The molecule has 1 unspecified atom stereocenters. The molecule has 3 heterocycles. The number of aliphatic imine (C=N–C) groups is 1. The van der Waals surface area contributed by atoms with Crippen LogP contribution in [0.5, 0.6) is 0 Å². The zero-order chi connectivity index (χ0) is 30.6. The molecule has 2 aliphatic heterocycles. The number of ether oxygens (including phenoxy) is 1. The van der Waals surface area contributed by atoms with Gasteiger partial charge in [-0.15, -0.1) is 12.6 Å². The van der Waals surface area contributed by atoms with Crippen molar-refractivity contribution in [1.29, 1.82) is 0 Å². The predicted octanol–water partition coefficient (Wildman–Crippen LogP) is 2.16. The van der Waals surface area contributed by atoms with Crippen molar-refractivity contribution in [2.75, 3.05) is 45.9 Å². The van der Waals surface area contributed by atoms with Gasteiger partial charge in [0.1, 0.15) is 27.7 Å². The number of amidine groups is 1. The number of aliphatic hydroxyl groups is 2. The first-order valence-electron chi connectivity index (χ1n) is 13.8. The highest BCUT2D eigenvalue weighted by Gasteiger charge is 2.41. The van der Waals surface area contributed by atoms with Gasteiger partial charge in [-0.1, -0.05) is 24.8 Å². The topological polar surface area (TPSA) is 141 Å². The maximum Gasteiger partial charge on any atom is 0.346 e. The van der Waals surface area contributed by atoms with Gasteiger partial charge in [-0.25, -0.2) is 19.2 Å². The van der Waals surface area contributed by atoms with Gasteiger partial charge in [0, 0.05) is 56.1 Å². The molecule has 0 radical (unpaired) electrons. The van der Waals surface area contributed by atoms with Crippen LogP contribution in [-0.4, -0.2) is 105 Å². The second kappa shape index (κ2) is 14.3. The first kappa shape index (κ1) is 32.5. The minimum atomic E-state index is -1.40. The summed E-state index contributed by atoms with van der Waals surface area (Å²) in [7, 11) is 0. The van der Waals surface area contributed by atoms with Crippen molar-refractivity contribution >= 4 is 36.2 Å². The van der Waals surface area contributed by atoms with E-state index in [-0.39, 0.29) is 47.2 Å². The van der Waals surface area contributed by atoms with Gasteiger partial charge in [-0.05, 0) is 38.5 Å². The smallest absolute Gasteiger partial charge is 0.346 e. The van der Waals surface area contributed by atoms with Crippen LogP contribution in [0.15, 0.2) is 49.5 Å². The Morgan fingerprint density at radius 3 is 2.76 bits per heavy atom. The Bertz CT molecular complexity index is 1320. The minimum absolute atomic E-state index is 0.0901. The standard InChI is InChI=1S/C28H39FN6O5S2/c1-5-39-27(38)24(42-22-8-6-7-20(29)17(22)3)21(32-25(30)23-18(4)40-15-31-23)14-33-9-10-35-19(12-33)13-34(28(35)41)11-16(2)26(36)37/h6-8,15-16,19,26,28,36-37,41H,5,9-14H2,1-4H3,(H2,30,32)/b24-21-/t16-,19+,28?/m1/s1. The van der Waals surface area contributed by atoms with Crippen LogP contribution in [0, 0.1) is 25.6 Å². The average molecular weight is 623 g/mol. The van der Waals surface area contributed by atoms with Crippen LogP contribution in [0.25, 0.3) is 0 Å². The Hall–Kier alpha value is -2.46. The molecule has 11 nitrogen and oxygen atoms in total. The molecular formula is C28H39FN6O5S2. The molecule has 2 aromatic rings. The number of benzene rings is 1. The van der Waals surface area contributed by atoms with Crippen LogP contribution < -0.4 is 5.73 Å². The Morgan fingerprint density at radius 2 is 2.10 bits per heavy atom. The van der Waals surface area contributed by atoms with Crippen LogP contribution >= 0.6 is 24.4 Å². The molecular weight excluding hydrogens is 583 g/mol. The number of thioether (sulfide) groups is 1.